The Morgan fingerprint density at radius 2 is 1.75 bits per heavy atom. The molecular formula is C26H23N5O4S. The number of nitrogens with zero attached hydrogens (tertiary/aromatic N) is 4. The van der Waals surface area contributed by atoms with E-state index in [0.29, 0.717) is 24.2 Å². The molecule has 1 N–H and O–H groups in total. The summed E-state index contributed by atoms with van der Waals surface area (Å²) in [6.45, 7) is 0.995. The van der Waals surface area contributed by atoms with Crippen molar-refractivity contribution in [3.8, 4) is 0 Å². The standard InChI is InChI=1S/C26H23N5O4S/c32-25(19-8-11-27-12-9-19)29-21-6-7-22-20-13-17(15-31(22)26(21)33)14-30(16-20)36(34,35)23-5-1-3-18-4-2-10-28-24(18)23/h1-12,17,20H,13-16H2,(H,29,32)/t17-,20-/m1/s1. The van der Waals surface area contributed by atoms with Gasteiger partial charge in [-0.3, -0.25) is 19.6 Å². The van der Waals surface area contributed by atoms with E-state index >= 15 is 0 Å². The van der Waals surface area contributed by atoms with Crippen LogP contribution < -0.4 is 10.9 Å². The molecule has 1 saturated heterocycles. The van der Waals surface area contributed by atoms with Gasteiger partial charge in [0.15, 0.2) is 0 Å². The van der Waals surface area contributed by atoms with E-state index in [-0.39, 0.29) is 40.4 Å². The fraction of sp³-hybridized carbons (Fsp3) is 0.231. The molecule has 0 unspecified atom stereocenters. The molecule has 2 atom stereocenters. The predicted octanol–water partition coefficient (Wildman–Crippen LogP) is 2.85. The highest BCUT2D eigenvalue weighted by atomic mass is 32.2. The SMILES string of the molecule is O=C(Nc1ccc2n(c1=O)C[C@@H]1C[C@@H]2CN(S(=O)(=O)c2cccc3cccnc23)C1)c1ccncc1. The fourth-order valence-corrected chi connectivity index (χ4v) is 7.04. The van der Waals surface area contributed by atoms with Gasteiger partial charge in [0, 0.05) is 60.8 Å². The van der Waals surface area contributed by atoms with Crippen molar-refractivity contribution in [1.29, 1.82) is 0 Å². The predicted molar refractivity (Wildman–Crippen MR) is 134 cm³/mol. The number of anilines is 1. The second-order valence-electron chi connectivity index (χ2n) is 9.23. The second kappa shape index (κ2) is 8.65. The lowest BCUT2D eigenvalue weighted by Gasteiger charge is -2.42. The highest BCUT2D eigenvalue weighted by molar-refractivity contribution is 7.89. The number of fused-ring (bicyclic) bond motifs is 5. The Hall–Kier alpha value is -3.89. The van der Waals surface area contributed by atoms with Gasteiger partial charge in [-0.1, -0.05) is 18.2 Å². The molecule has 182 valence electrons. The van der Waals surface area contributed by atoms with E-state index in [0.717, 1.165) is 17.5 Å². The van der Waals surface area contributed by atoms with Crippen LogP contribution in [0, 0.1) is 5.92 Å². The molecule has 2 aliphatic rings. The average Bonchev–Trinajstić information content (AvgIpc) is 2.90. The molecule has 36 heavy (non-hydrogen) atoms. The van der Waals surface area contributed by atoms with Gasteiger partial charge < -0.3 is 9.88 Å². The summed E-state index contributed by atoms with van der Waals surface area (Å²) in [5.74, 6) is -0.516. The van der Waals surface area contributed by atoms with Crippen molar-refractivity contribution >= 4 is 32.5 Å². The number of hydrogen-bond acceptors (Lipinski definition) is 6. The minimum atomic E-state index is -3.78. The van der Waals surface area contributed by atoms with Crippen LogP contribution in [0.15, 0.2) is 82.9 Å². The van der Waals surface area contributed by atoms with Gasteiger partial charge in [0.05, 0.1) is 5.52 Å². The number of pyridine rings is 3. The van der Waals surface area contributed by atoms with Gasteiger partial charge in [0.25, 0.3) is 11.5 Å². The van der Waals surface area contributed by atoms with Crippen LogP contribution in [-0.4, -0.2) is 46.3 Å². The summed E-state index contributed by atoms with van der Waals surface area (Å²) in [4.78, 5) is 34.2. The Morgan fingerprint density at radius 3 is 2.58 bits per heavy atom. The van der Waals surface area contributed by atoms with Gasteiger partial charge in [-0.25, -0.2) is 8.42 Å². The van der Waals surface area contributed by atoms with Crippen LogP contribution in [0.25, 0.3) is 10.9 Å². The van der Waals surface area contributed by atoms with Crippen molar-refractivity contribution in [2.45, 2.75) is 23.8 Å². The molecule has 3 aromatic heterocycles. The number of amides is 1. The molecule has 1 fully saturated rings. The number of nitrogens with one attached hydrogen (secondary N) is 1. The molecule has 1 amide bonds. The normalized spacial score (nSPS) is 19.6. The minimum absolute atomic E-state index is 0.0159. The number of para-hydroxylation sites is 1. The van der Waals surface area contributed by atoms with E-state index < -0.39 is 10.0 Å². The maximum Gasteiger partial charge on any atom is 0.274 e. The Bertz CT molecular complexity index is 1650. The second-order valence-corrected chi connectivity index (χ2v) is 11.1. The van der Waals surface area contributed by atoms with Crippen LogP contribution in [0.5, 0.6) is 0 Å². The summed E-state index contributed by atoms with van der Waals surface area (Å²) in [5.41, 5.74) is 1.58. The van der Waals surface area contributed by atoms with Crippen LogP contribution in [0.4, 0.5) is 5.69 Å². The van der Waals surface area contributed by atoms with E-state index in [9.17, 15) is 18.0 Å². The molecule has 5 heterocycles. The summed E-state index contributed by atoms with van der Waals surface area (Å²) in [6.07, 6.45) is 5.44. The molecule has 6 rings (SSSR count). The van der Waals surface area contributed by atoms with Crippen LogP contribution in [0.2, 0.25) is 0 Å². The van der Waals surface area contributed by atoms with E-state index in [1.54, 1.807) is 47.2 Å². The first-order valence-corrected chi connectivity index (χ1v) is 13.1. The minimum Gasteiger partial charge on any atom is -0.317 e. The molecule has 4 aromatic rings. The molecule has 0 radical (unpaired) electrons. The molecule has 9 nitrogen and oxygen atoms in total. The third kappa shape index (κ3) is 3.78. The smallest absolute Gasteiger partial charge is 0.274 e. The number of sulfonamides is 1. The average molecular weight is 502 g/mol. The molecular weight excluding hydrogens is 478 g/mol. The first kappa shape index (κ1) is 22.6. The van der Waals surface area contributed by atoms with Crippen molar-refractivity contribution < 1.29 is 13.2 Å². The fourth-order valence-electron chi connectivity index (χ4n) is 5.31. The van der Waals surface area contributed by atoms with Crippen LogP contribution in [-0.2, 0) is 16.6 Å². The topological polar surface area (TPSA) is 114 Å². The molecule has 1 aromatic carbocycles. The zero-order valence-electron chi connectivity index (χ0n) is 19.2. The van der Waals surface area contributed by atoms with Gasteiger partial charge in [0.1, 0.15) is 10.6 Å². The highest BCUT2D eigenvalue weighted by Gasteiger charge is 2.40. The van der Waals surface area contributed by atoms with Crippen molar-refractivity contribution in [3.63, 3.8) is 0 Å². The molecule has 2 aliphatic heterocycles. The summed E-state index contributed by atoms with van der Waals surface area (Å²) >= 11 is 0. The number of rotatable bonds is 4. The Labute approximate surface area is 207 Å². The maximum absolute atomic E-state index is 13.7. The maximum atomic E-state index is 13.7. The van der Waals surface area contributed by atoms with Gasteiger partial charge in [0.2, 0.25) is 10.0 Å². The zero-order chi connectivity index (χ0) is 24.9. The molecule has 10 heteroatoms. The zero-order valence-corrected chi connectivity index (χ0v) is 20.1. The quantitative estimate of drug-likeness (QED) is 0.460. The number of hydrogen-bond donors (Lipinski definition) is 1. The number of piperidine rings is 1. The summed E-state index contributed by atoms with van der Waals surface area (Å²) in [5, 5.41) is 3.47. The summed E-state index contributed by atoms with van der Waals surface area (Å²) in [7, 11) is -3.78. The Morgan fingerprint density at radius 1 is 0.944 bits per heavy atom. The third-order valence-electron chi connectivity index (χ3n) is 6.97. The first-order chi connectivity index (χ1) is 17.4. The van der Waals surface area contributed by atoms with Crippen LogP contribution in [0.1, 0.15) is 28.4 Å². The molecule has 2 bridgehead atoms. The van der Waals surface area contributed by atoms with Crippen molar-refractivity contribution in [2.24, 2.45) is 5.92 Å². The Balaban J connectivity index is 1.30. The van der Waals surface area contributed by atoms with Crippen molar-refractivity contribution in [1.82, 2.24) is 18.8 Å². The Kier molecular flexibility index (Phi) is 5.42. The van der Waals surface area contributed by atoms with Crippen LogP contribution in [0.3, 0.4) is 0 Å². The van der Waals surface area contributed by atoms with E-state index in [1.165, 1.54) is 16.7 Å². The van der Waals surface area contributed by atoms with Crippen molar-refractivity contribution in [2.75, 3.05) is 18.4 Å². The van der Waals surface area contributed by atoms with Gasteiger partial charge in [-0.05, 0) is 48.7 Å². The van der Waals surface area contributed by atoms with E-state index in [1.807, 2.05) is 18.2 Å². The van der Waals surface area contributed by atoms with Crippen molar-refractivity contribution in [3.05, 3.63) is 94.8 Å². The monoisotopic (exact) mass is 501 g/mol. The highest BCUT2D eigenvalue weighted by Crippen LogP contribution is 2.38. The lowest BCUT2D eigenvalue weighted by Crippen LogP contribution is -2.49. The summed E-state index contributed by atoms with van der Waals surface area (Å²) in [6, 6.07) is 15.4. The lowest BCUT2D eigenvalue weighted by atomic mass is 9.84. The number of carbonyl (C=O) groups excluding carboxylic acids is 1. The van der Waals surface area contributed by atoms with Gasteiger partial charge >= 0.3 is 0 Å². The number of carbonyl (C=O) groups is 1. The van der Waals surface area contributed by atoms with Gasteiger partial charge in [-0.15, -0.1) is 0 Å². The van der Waals surface area contributed by atoms with E-state index in [2.05, 4.69) is 15.3 Å². The number of benzene rings is 1. The third-order valence-corrected chi connectivity index (χ3v) is 8.84. The number of aromatic nitrogens is 3. The van der Waals surface area contributed by atoms with Crippen LogP contribution >= 0.6 is 0 Å². The summed E-state index contributed by atoms with van der Waals surface area (Å²) < 4.78 is 30.6. The first-order valence-electron chi connectivity index (χ1n) is 11.7. The van der Waals surface area contributed by atoms with E-state index in [4.69, 9.17) is 0 Å². The molecule has 0 saturated carbocycles. The largest absolute Gasteiger partial charge is 0.317 e. The lowest BCUT2D eigenvalue weighted by molar-refractivity contribution is 0.102. The van der Waals surface area contributed by atoms with Gasteiger partial charge in [-0.2, -0.15) is 4.31 Å². The molecule has 0 aliphatic carbocycles. The molecule has 0 spiro atoms.